The number of carboxylic acids is 1. The summed E-state index contributed by atoms with van der Waals surface area (Å²) in [6.07, 6.45) is 57.4. The largest absolute Gasteiger partial charge is 0.480 e. The molecule has 63 heavy (non-hydrogen) atoms. The first-order valence-electron chi connectivity index (χ1n) is 25.7. The number of nitrogens with two attached hydrogens (primary N) is 1. The fourth-order valence-electron chi connectivity index (χ4n) is 7.14. The van der Waals surface area contributed by atoms with Crippen molar-refractivity contribution < 1.29 is 42.7 Å². The Morgan fingerprint density at radius 3 is 1.40 bits per heavy atom. The van der Waals surface area contributed by atoms with Crippen LogP contribution in [0.5, 0.6) is 0 Å². The van der Waals surface area contributed by atoms with Crippen molar-refractivity contribution in [2.24, 2.45) is 5.73 Å². The molecule has 0 aliphatic heterocycles. The third-order valence-corrected chi connectivity index (χ3v) is 12.0. The van der Waals surface area contributed by atoms with Gasteiger partial charge in [-0.1, -0.05) is 204 Å². The van der Waals surface area contributed by atoms with Crippen molar-refractivity contribution in [2.75, 3.05) is 26.4 Å². The summed E-state index contributed by atoms with van der Waals surface area (Å²) in [7, 11) is -4.62. The van der Waals surface area contributed by atoms with Crippen molar-refractivity contribution in [1.29, 1.82) is 0 Å². The van der Waals surface area contributed by atoms with Gasteiger partial charge in [-0.2, -0.15) is 0 Å². The summed E-state index contributed by atoms with van der Waals surface area (Å²) < 4.78 is 33.5. The highest BCUT2D eigenvalue weighted by Crippen LogP contribution is 2.43. The van der Waals surface area contributed by atoms with E-state index in [0.29, 0.717) is 13.0 Å². The van der Waals surface area contributed by atoms with Crippen LogP contribution in [0.15, 0.2) is 48.6 Å². The first kappa shape index (κ1) is 60.9. The van der Waals surface area contributed by atoms with E-state index in [4.69, 9.17) is 29.4 Å². The van der Waals surface area contributed by atoms with Crippen LogP contribution in [0.4, 0.5) is 0 Å². The highest BCUT2D eigenvalue weighted by molar-refractivity contribution is 7.47. The van der Waals surface area contributed by atoms with Gasteiger partial charge >= 0.3 is 19.8 Å². The average molecular weight is 910 g/mol. The third-order valence-electron chi connectivity index (χ3n) is 11.1. The maximum atomic E-state index is 12.7. The van der Waals surface area contributed by atoms with E-state index in [9.17, 15) is 19.0 Å². The van der Waals surface area contributed by atoms with Crippen molar-refractivity contribution in [2.45, 2.75) is 244 Å². The molecule has 0 aromatic heterocycles. The van der Waals surface area contributed by atoms with Crippen LogP contribution in [0, 0.1) is 0 Å². The normalized spacial score (nSPS) is 14.1. The monoisotopic (exact) mass is 910 g/mol. The molecule has 0 spiro atoms. The first-order valence-corrected chi connectivity index (χ1v) is 27.2. The number of carbonyl (C=O) groups excluding carboxylic acids is 1. The number of esters is 1. The maximum Gasteiger partial charge on any atom is 0.472 e. The van der Waals surface area contributed by atoms with Crippen molar-refractivity contribution in [1.82, 2.24) is 0 Å². The van der Waals surface area contributed by atoms with Crippen LogP contribution in [-0.2, 0) is 32.7 Å². The van der Waals surface area contributed by atoms with Gasteiger partial charge in [-0.3, -0.25) is 18.6 Å². The molecule has 0 heterocycles. The van der Waals surface area contributed by atoms with E-state index in [1.54, 1.807) is 0 Å². The molecule has 0 bridgehead atoms. The van der Waals surface area contributed by atoms with E-state index in [0.717, 1.165) is 64.2 Å². The van der Waals surface area contributed by atoms with Crippen LogP contribution in [0.25, 0.3) is 0 Å². The molecule has 3 atom stereocenters. The predicted molar refractivity (Wildman–Crippen MR) is 263 cm³/mol. The van der Waals surface area contributed by atoms with E-state index < -0.39 is 45.1 Å². The summed E-state index contributed by atoms with van der Waals surface area (Å²) in [4.78, 5) is 33.7. The summed E-state index contributed by atoms with van der Waals surface area (Å²) in [6.45, 7) is 3.78. The van der Waals surface area contributed by atoms with E-state index in [-0.39, 0.29) is 13.0 Å². The van der Waals surface area contributed by atoms with Crippen LogP contribution < -0.4 is 5.73 Å². The van der Waals surface area contributed by atoms with E-state index >= 15 is 0 Å². The van der Waals surface area contributed by atoms with Gasteiger partial charge in [0.15, 0.2) is 0 Å². The molecular weight excluding hydrogens is 814 g/mol. The van der Waals surface area contributed by atoms with Gasteiger partial charge in [0.25, 0.3) is 0 Å². The highest BCUT2D eigenvalue weighted by atomic mass is 31.2. The zero-order valence-electron chi connectivity index (χ0n) is 40.4. The summed E-state index contributed by atoms with van der Waals surface area (Å²) in [5.41, 5.74) is 5.37. The summed E-state index contributed by atoms with van der Waals surface area (Å²) in [5, 5.41) is 8.93. The number of allylic oxidation sites excluding steroid dienone is 8. The average Bonchev–Trinajstić information content (AvgIpc) is 3.26. The van der Waals surface area contributed by atoms with Crippen molar-refractivity contribution >= 4 is 19.8 Å². The molecule has 10 nitrogen and oxygen atoms in total. The fraction of sp³-hybridized carbons (Fsp3) is 0.808. The number of hydrogen-bond acceptors (Lipinski definition) is 8. The Morgan fingerprint density at radius 2 is 0.921 bits per heavy atom. The first-order chi connectivity index (χ1) is 30.7. The minimum atomic E-state index is -4.62. The number of phosphoric acid groups is 1. The molecule has 3 unspecified atom stereocenters. The summed E-state index contributed by atoms with van der Waals surface area (Å²) >= 11 is 0. The van der Waals surface area contributed by atoms with Crippen molar-refractivity contribution in [3.05, 3.63) is 48.6 Å². The quantitative estimate of drug-likeness (QED) is 0.0232. The zero-order valence-corrected chi connectivity index (χ0v) is 41.3. The molecule has 0 aromatic rings. The molecule has 0 rings (SSSR count). The van der Waals surface area contributed by atoms with E-state index in [2.05, 4.69) is 62.5 Å². The lowest BCUT2D eigenvalue weighted by Gasteiger charge is -2.20. The van der Waals surface area contributed by atoms with Crippen molar-refractivity contribution in [3.8, 4) is 0 Å². The Morgan fingerprint density at radius 1 is 0.524 bits per heavy atom. The van der Waals surface area contributed by atoms with Crippen LogP contribution in [0.3, 0.4) is 0 Å². The summed E-state index contributed by atoms with van der Waals surface area (Å²) in [6, 6.07) is -1.48. The van der Waals surface area contributed by atoms with E-state index in [1.165, 1.54) is 141 Å². The Bertz CT molecular complexity index is 1190. The van der Waals surface area contributed by atoms with Gasteiger partial charge < -0.3 is 25.2 Å². The molecule has 0 saturated carbocycles. The lowest BCUT2D eigenvalue weighted by molar-refractivity contribution is -0.154. The van der Waals surface area contributed by atoms with Crippen LogP contribution in [0.1, 0.15) is 232 Å². The molecule has 0 aliphatic rings. The second-order valence-electron chi connectivity index (χ2n) is 17.3. The molecule has 4 N–H and O–H groups in total. The highest BCUT2D eigenvalue weighted by Gasteiger charge is 2.27. The zero-order chi connectivity index (χ0) is 46.2. The second kappa shape index (κ2) is 47.9. The molecule has 0 aliphatic carbocycles. The molecular formula is C52H96NO9P. The Labute approximate surface area is 386 Å². The smallest absolute Gasteiger partial charge is 0.472 e. The maximum absolute atomic E-state index is 12.7. The van der Waals surface area contributed by atoms with Gasteiger partial charge in [0.2, 0.25) is 0 Å². The van der Waals surface area contributed by atoms with Gasteiger partial charge in [-0.25, -0.2) is 4.57 Å². The molecule has 0 aromatic carbocycles. The number of ether oxygens (including phenoxy) is 2. The SMILES string of the molecule is CC/C=C\C/C=C\C/C=C\CCCCCCCCCCOCC(COP(=O)(O)OCC(N)C(=O)O)OC(=O)CCCCCCCCCCCCC/C=C\CCCCCCCCCC. The minimum absolute atomic E-state index is 0.0118. The Kier molecular flexibility index (Phi) is 46.3. The number of aliphatic carboxylic acids is 1. The number of phosphoric ester groups is 1. The molecule has 0 fully saturated rings. The summed E-state index contributed by atoms with van der Waals surface area (Å²) in [5.74, 6) is -1.78. The lowest BCUT2D eigenvalue weighted by Crippen LogP contribution is -2.34. The lowest BCUT2D eigenvalue weighted by atomic mass is 10.0. The van der Waals surface area contributed by atoms with Gasteiger partial charge in [0, 0.05) is 13.0 Å². The number of carbonyl (C=O) groups is 2. The van der Waals surface area contributed by atoms with Crippen LogP contribution in [-0.4, -0.2) is 60.5 Å². The topological polar surface area (TPSA) is 155 Å². The molecule has 0 radical (unpaired) electrons. The molecule has 0 saturated heterocycles. The number of rotatable bonds is 49. The standard InChI is InChI=1S/C52H96NO9P/c1-3-5-7-9-11-13-15-17-19-21-23-24-25-26-27-28-30-32-34-36-38-40-42-44-51(54)62-49(47-60-63(57,58)61-48-50(53)52(55)56)46-59-45-43-41-39-37-35-33-31-29-22-20-18-16-14-12-10-8-6-4-2/h6,8,12,14,18,20-21,23,49-50H,3-5,7,9-11,13,15-17,19,22,24-48,53H2,1-2H3,(H,55,56)(H,57,58)/b8-6-,14-12-,20-18-,23-21-. The predicted octanol–water partition coefficient (Wildman–Crippen LogP) is 15.0. The van der Waals surface area contributed by atoms with Crippen molar-refractivity contribution in [3.63, 3.8) is 0 Å². The number of unbranched alkanes of at least 4 members (excludes halogenated alkanes) is 27. The van der Waals surface area contributed by atoms with Gasteiger partial charge in [-0.05, 0) is 70.6 Å². The minimum Gasteiger partial charge on any atom is -0.480 e. The van der Waals surface area contributed by atoms with Gasteiger partial charge in [0.05, 0.1) is 19.8 Å². The van der Waals surface area contributed by atoms with E-state index in [1.807, 2.05) is 0 Å². The van der Waals surface area contributed by atoms with Crippen LogP contribution >= 0.6 is 7.82 Å². The van der Waals surface area contributed by atoms with Gasteiger partial charge in [-0.15, -0.1) is 0 Å². The molecule has 0 amide bonds. The second-order valence-corrected chi connectivity index (χ2v) is 18.7. The van der Waals surface area contributed by atoms with Gasteiger partial charge in [0.1, 0.15) is 12.1 Å². The molecule has 368 valence electrons. The Balaban J connectivity index is 4.12. The van der Waals surface area contributed by atoms with Crippen LogP contribution in [0.2, 0.25) is 0 Å². The number of hydrogen-bond donors (Lipinski definition) is 3. The Hall–Kier alpha value is -2.07. The molecule has 11 heteroatoms. The number of carboxylic acid groups (broad SMARTS) is 1. The fourth-order valence-corrected chi connectivity index (χ4v) is 7.92. The third kappa shape index (κ3) is 47.7.